The first-order valence-electron chi connectivity index (χ1n) is 11.1. The molecule has 6 heteroatoms. The minimum absolute atomic E-state index is 0.207. The molecule has 2 aromatic heterocycles. The Morgan fingerprint density at radius 2 is 1.87 bits per heavy atom. The van der Waals surface area contributed by atoms with Crippen LogP contribution in [0.1, 0.15) is 49.0 Å². The van der Waals surface area contributed by atoms with Gasteiger partial charge in [0.25, 0.3) is 0 Å². The number of hydrogen-bond donors (Lipinski definition) is 1. The van der Waals surface area contributed by atoms with Gasteiger partial charge in [-0.3, -0.25) is 9.20 Å². The maximum atomic E-state index is 12.7. The largest absolute Gasteiger partial charge is 0.326 e. The van der Waals surface area contributed by atoms with Crippen molar-refractivity contribution in [2.75, 3.05) is 19.6 Å². The van der Waals surface area contributed by atoms with E-state index < -0.39 is 0 Å². The van der Waals surface area contributed by atoms with Crippen LogP contribution in [0.3, 0.4) is 0 Å². The van der Waals surface area contributed by atoms with E-state index in [2.05, 4.69) is 53.6 Å². The zero-order chi connectivity index (χ0) is 21.8. The lowest BCUT2D eigenvalue weighted by atomic mass is 10.0. The number of ketones is 1. The number of carbonyl (C=O) groups excluding carboxylic acids is 1. The number of unbranched alkanes of at least 4 members (excludes halogenated alkanes) is 1. The molecule has 0 unspecified atom stereocenters. The van der Waals surface area contributed by atoms with Crippen molar-refractivity contribution in [2.24, 2.45) is 5.73 Å². The van der Waals surface area contributed by atoms with Crippen molar-refractivity contribution < 1.29 is 4.79 Å². The Bertz CT molecular complexity index is 1170. The van der Waals surface area contributed by atoms with Gasteiger partial charge in [-0.05, 0) is 61.8 Å². The number of fused-ring (bicyclic) bond motifs is 3. The molecule has 0 spiro atoms. The van der Waals surface area contributed by atoms with Gasteiger partial charge in [-0.1, -0.05) is 49.4 Å². The van der Waals surface area contributed by atoms with E-state index >= 15 is 0 Å². The van der Waals surface area contributed by atoms with Gasteiger partial charge in [0, 0.05) is 24.7 Å². The van der Waals surface area contributed by atoms with Crippen LogP contribution in [0.4, 0.5) is 0 Å². The Hall–Kier alpha value is -2.54. The Kier molecular flexibility index (Phi) is 6.80. The van der Waals surface area contributed by atoms with Crippen LogP contribution in [0.2, 0.25) is 0 Å². The highest BCUT2D eigenvalue weighted by Gasteiger charge is 2.13. The Morgan fingerprint density at radius 1 is 1.10 bits per heavy atom. The second-order valence-electron chi connectivity index (χ2n) is 7.87. The van der Waals surface area contributed by atoms with Gasteiger partial charge in [-0.25, -0.2) is 4.98 Å². The van der Waals surface area contributed by atoms with E-state index in [0.29, 0.717) is 13.0 Å². The van der Waals surface area contributed by atoms with Crippen molar-refractivity contribution in [3.8, 4) is 10.4 Å². The van der Waals surface area contributed by atoms with Gasteiger partial charge in [-0.15, -0.1) is 0 Å². The highest BCUT2D eigenvalue weighted by Crippen LogP contribution is 2.31. The van der Waals surface area contributed by atoms with Crippen LogP contribution >= 0.6 is 11.3 Å². The smallest absolute Gasteiger partial charge is 0.195 e. The molecule has 0 atom stereocenters. The fourth-order valence-electron chi connectivity index (χ4n) is 3.93. The summed E-state index contributed by atoms with van der Waals surface area (Å²) in [5.41, 5.74) is 10.7. The molecule has 0 aliphatic carbocycles. The number of imidazole rings is 1. The van der Waals surface area contributed by atoms with Gasteiger partial charge >= 0.3 is 0 Å². The molecule has 2 aromatic carbocycles. The fraction of sp³-hybridized carbons (Fsp3) is 0.360. The van der Waals surface area contributed by atoms with Crippen LogP contribution in [0, 0.1) is 0 Å². The van der Waals surface area contributed by atoms with Gasteiger partial charge < -0.3 is 10.6 Å². The summed E-state index contributed by atoms with van der Waals surface area (Å²) in [6.45, 7) is 8.11. The van der Waals surface area contributed by atoms with Gasteiger partial charge in [-0.2, -0.15) is 0 Å². The molecule has 0 aliphatic rings. The third kappa shape index (κ3) is 4.71. The van der Waals surface area contributed by atoms with Crippen molar-refractivity contribution in [1.82, 2.24) is 14.3 Å². The van der Waals surface area contributed by atoms with E-state index in [1.165, 1.54) is 4.88 Å². The lowest BCUT2D eigenvalue weighted by Gasteiger charge is -2.17. The Labute approximate surface area is 187 Å². The first-order chi connectivity index (χ1) is 15.1. The van der Waals surface area contributed by atoms with Gasteiger partial charge in [0.15, 0.2) is 10.7 Å². The summed E-state index contributed by atoms with van der Waals surface area (Å²) in [4.78, 5) is 22.0. The van der Waals surface area contributed by atoms with Crippen LogP contribution in [0.25, 0.3) is 26.4 Å². The van der Waals surface area contributed by atoms with Gasteiger partial charge in [0.2, 0.25) is 0 Å². The Morgan fingerprint density at radius 3 is 2.58 bits per heavy atom. The average molecular weight is 435 g/mol. The molecule has 2 heterocycles. The molecule has 0 fully saturated rings. The summed E-state index contributed by atoms with van der Waals surface area (Å²) >= 11 is 1.66. The van der Waals surface area contributed by atoms with Crippen molar-refractivity contribution in [1.29, 1.82) is 0 Å². The number of nitrogens with zero attached hydrogens (tertiary/aromatic N) is 3. The lowest BCUT2D eigenvalue weighted by molar-refractivity contribution is 0.0978. The van der Waals surface area contributed by atoms with Crippen LogP contribution in [-0.2, 0) is 6.54 Å². The minimum atomic E-state index is 0.207. The third-order valence-electron chi connectivity index (χ3n) is 5.92. The molecule has 0 radical (unpaired) electrons. The van der Waals surface area contributed by atoms with Gasteiger partial charge in [0.05, 0.1) is 15.9 Å². The number of Topliss-reactive ketones (excluding diaryl/α,β-unsaturated/α-hetero) is 1. The van der Waals surface area contributed by atoms with Crippen molar-refractivity contribution >= 4 is 33.1 Å². The van der Waals surface area contributed by atoms with Gasteiger partial charge in [0.1, 0.15) is 0 Å². The fourth-order valence-corrected chi connectivity index (χ4v) is 4.93. The van der Waals surface area contributed by atoms with E-state index in [9.17, 15) is 4.79 Å². The molecule has 162 valence electrons. The quantitative estimate of drug-likeness (QED) is 0.269. The monoisotopic (exact) mass is 434 g/mol. The topological polar surface area (TPSA) is 63.6 Å². The average Bonchev–Trinajstić information content (AvgIpc) is 3.36. The standard InChI is InChI=1S/C25H30N4OS/c1-3-28(4-2)14-6-5-7-23(30)20-12-13-22-21(15-20)27-25-29(22)17-24(31-25)19-10-8-18(16-26)9-11-19/h8-13,15,17H,3-7,14,16,26H2,1-2H3. The molecule has 4 aromatic rings. The number of rotatable bonds is 10. The number of nitrogens with two attached hydrogens (primary N) is 1. The summed E-state index contributed by atoms with van der Waals surface area (Å²) in [5.74, 6) is 0.207. The van der Waals surface area contributed by atoms with E-state index in [1.807, 2.05) is 18.2 Å². The zero-order valence-corrected chi connectivity index (χ0v) is 19.1. The predicted octanol–water partition coefficient (Wildman–Crippen LogP) is 5.37. The first-order valence-corrected chi connectivity index (χ1v) is 11.9. The van der Waals surface area contributed by atoms with Crippen LogP contribution in [0.5, 0.6) is 0 Å². The maximum Gasteiger partial charge on any atom is 0.195 e. The maximum absolute atomic E-state index is 12.7. The number of hydrogen-bond acceptors (Lipinski definition) is 5. The second-order valence-corrected chi connectivity index (χ2v) is 8.88. The van der Waals surface area contributed by atoms with Crippen molar-refractivity contribution in [3.63, 3.8) is 0 Å². The molecular weight excluding hydrogens is 404 g/mol. The molecular formula is C25H30N4OS. The Balaban J connectivity index is 1.47. The molecule has 5 nitrogen and oxygen atoms in total. The van der Waals surface area contributed by atoms with Crippen LogP contribution in [-0.4, -0.2) is 39.7 Å². The molecule has 0 saturated carbocycles. The molecule has 0 amide bonds. The molecule has 0 aliphatic heterocycles. The lowest BCUT2D eigenvalue weighted by Crippen LogP contribution is -2.24. The van der Waals surface area contributed by atoms with Crippen LogP contribution in [0.15, 0.2) is 48.7 Å². The number of benzene rings is 2. The summed E-state index contributed by atoms with van der Waals surface area (Å²) in [6, 6.07) is 14.2. The molecule has 31 heavy (non-hydrogen) atoms. The van der Waals surface area contributed by atoms with E-state index in [0.717, 1.165) is 65.2 Å². The van der Waals surface area contributed by atoms with E-state index in [1.54, 1.807) is 11.3 Å². The molecule has 0 bridgehead atoms. The zero-order valence-electron chi connectivity index (χ0n) is 18.3. The highest BCUT2D eigenvalue weighted by molar-refractivity contribution is 7.20. The van der Waals surface area contributed by atoms with E-state index in [4.69, 9.17) is 10.7 Å². The third-order valence-corrected chi connectivity index (χ3v) is 6.96. The highest BCUT2D eigenvalue weighted by atomic mass is 32.1. The summed E-state index contributed by atoms with van der Waals surface area (Å²) < 4.78 is 2.12. The predicted molar refractivity (Wildman–Crippen MR) is 130 cm³/mol. The number of carbonyl (C=O) groups is 1. The minimum Gasteiger partial charge on any atom is -0.326 e. The first kappa shape index (κ1) is 21.7. The second kappa shape index (κ2) is 9.73. The van der Waals surface area contributed by atoms with E-state index in [-0.39, 0.29) is 5.78 Å². The van der Waals surface area contributed by atoms with Crippen LogP contribution < -0.4 is 5.73 Å². The molecule has 2 N–H and O–H groups in total. The molecule has 4 rings (SSSR count). The number of aromatic nitrogens is 2. The van der Waals surface area contributed by atoms with Crippen molar-refractivity contribution in [2.45, 2.75) is 39.7 Å². The number of thiazole rings is 1. The summed E-state index contributed by atoms with van der Waals surface area (Å²) in [5, 5.41) is 0. The normalized spacial score (nSPS) is 11.7. The van der Waals surface area contributed by atoms with Crippen molar-refractivity contribution in [3.05, 3.63) is 59.8 Å². The summed E-state index contributed by atoms with van der Waals surface area (Å²) in [6.07, 6.45) is 4.71. The molecule has 0 saturated heterocycles. The summed E-state index contributed by atoms with van der Waals surface area (Å²) in [7, 11) is 0. The SMILES string of the molecule is CCN(CC)CCCCC(=O)c1ccc2c(c1)nc1sc(-c3ccc(CN)cc3)cn12.